The first kappa shape index (κ1) is 16.1. The van der Waals surface area contributed by atoms with Gasteiger partial charge in [0.15, 0.2) is 5.54 Å². The van der Waals surface area contributed by atoms with Crippen molar-refractivity contribution in [1.82, 2.24) is 0 Å². The third-order valence-corrected chi connectivity index (χ3v) is 4.96. The van der Waals surface area contributed by atoms with Crippen LogP contribution in [-0.2, 0) is 0 Å². The van der Waals surface area contributed by atoms with Gasteiger partial charge in [0.1, 0.15) is 5.82 Å². The highest BCUT2D eigenvalue weighted by Gasteiger charge is 2.68. The summed E-state index contributed by atoms with van der Waals surface area (Å²) in [7, 11) is 0. The molecule has 1 fully saturated rings. The standard InChI is InChI=1S/C19H16F4N2/c20-15-10-6-13(7-11-15)17-12-18(14-8-9-14,19(21,22)23)25(24-17)16-4-2-1-3-5-16/h1-7,10-11,14H,8-9,12H2. The molecule has 2 nitrogen and oxygen atoms in total. The average molecular weight is 348 g/mol. The zero-order valence-corrected chi connectivity index (χ0v) is 13.3. The van der Waals surface area contributed by atoms with Crippen LogP contribution in [0.1, 0.15) is 24.8 Å². The Labute approximate surface area is 142 Å². The summed E-state index contributed by atoms with van der Waals surface area (Å²) in [6.07, 6.45) is -3.57. The molecule has 2 aromatic carbocycles. The summed E-state index contributed by atoms with van der Waals surface area (Å²) in [5.41, 5.74) is -0.746. The van der Waals surface area contributed by atoms with E-state index < -0.39 is 23.5 Å². The molecule has 0 N–H and O–H groups in total. The first-order chi connectivity index (χ1) is 11.9. The fraction of sp³-hybridized carbons (Fsp3) is 0.316. The number of rotatable bonds is 3. The van der Waals surface area contributed by atoms with Crippen molar-refractivity contribution in [3.8, 4) is 0 Å². The molecular weight excluding hydrogens is 332 g/mol. The lowest BCUT2D eigenvalue weighted by molar-refractivity contribution is -0.189. The second kappa shape index (κ2) is 5.58. The van der Waals surface area contributed by atoms with Crippen LogP contribution in [0.2, 0.25) is 0 Å². The number of halogens is 4. The maximum atomic E-state index is 14.2. The van der Waals surface area contributed by atoms with Gasteiger partial charge in [0.05, 0.1) is 11.4 Å². The van der Waals surface area contributed by atoms with Crippen molar-refractivity contribution in [1.29, 1.82) is 0 Å². The van der Waals surface area contributed by atoms with Crippen molar-refractivity contribution in [3.05, 3.63) is 66.0 Å². The lowest BCUT2D eigenvalue weighted by atomic mass is 9.85. The minimum atomic E-state index is -4.42. The Hall–Kier alpha value is -2.37. The van der Waals surface area contributed by atoms with Crippen LogP contribution < -0.4 is 5.01 Å². The van der Waals surface area contributed by atoms with Crippen LogP contribution in [-0.4, -0.2) is 17.4 Å². The topological polar surface area (TPSA) is 15.6 Å². The predicted molar refractivity (Wildman–Crippen MR) is 88.0 cm³/mol. The van der Waals surface area contributed by atoms with Gasteiger partial charge in [-0.05, 0) is 48.6 Å². The predicted octanol–water partition coefficient (Wildman–Crippen LogP) is 5.15. The van der Waals surface area contributed by atoms with E-state index in [9.17, 15) is 17.6 Å². The van der Waals surface area contributed by atoms with Gasteiger partial charge in [0.25, 0.3) is 0 Å². The fourth-order valence-electron chi connectivity index (χ4n) is 3.56. The maximum absolute atomic E-state index is 14.2. The molecule has 6 heteroatoms. The van der Waals surface area contributed by atoms with E-state index in [1.54, 1.807) is 30.3 Å². The van der Waals surface area contributed by atoms with Crippen molar-refractivity contribution >= 4 is 11.4 Å². The number of hydrogen-bond donors (Lipinski definition) is 0. The first-order valence-electron chi connectivity index (χ1n) is 8.17. The van der Waals surface area contributed by atoms with Gasteiger partial charge in [-0.15, -0.1) is 0 Å². The van der Waals surface area contributed by atoms with Crippen molar-refractivity contribution in [2.24, 2.45) is 11.0 Å². The summed E-state index contributed by atoms with van der Waals surface area (Å²) in [5, 5.41) is 5.49. The Kier molecular flexibility index (Phi) is 3.60. The van der Waals surface area contributed by atoms with Crippen molar-refractivity contribution in [3.63, 3.8) is 0 Å². The van der Waals surface area contributed by atoms with E-state index >= 15 is 0 Å². The minimum Gasteiger partial charge on any atom is -0.249 e. The lowest BCUT2D eigenvalue weighted by Gasteiger charge is -2.39. The van der Waals surface area contributed by atoms with Crippen molar-refractivity contribution in [2.75, 3.05) is 5.01 Å². The number of nitrogens with zero attached hydrogens (tertiary/aromatic N) is 2. The molecule has 0 aromatic heterocycles. The molecule has 0 bridgehead atoms. The lowest BCUT2D eigenvalue weighted by Crippen LogP contribution is -2.57. The van der Waals surface area contributed by atoms with Crippen LogP contribution in [0.25, 0.3) is 0 Å². The Morgan fingerprint density at radius 1 is 0.960 bits per heavy atom. The van der Waals surface area contributed by atoms with E-state index in [1.165, 1.54) is 24.3 Å². The van der Waals surface area contributed by atoms with Crippen LogP contribution in [0.4, 0.5) is 23.2 Å². The summed E-state index contributed by atoms with van der Waals surface area (Å²) in [4.78, 5) is 0. The van der Waals surface area contributed by atoms with E-state index in [4.69, 9.17) is 0 Å². The fourth-order valence-corrected chi connectivity index (χ4v) is 3.56. The zero-order chi connectivity index (χ0) is 17.7. The number of hydrogen-bond acceptors (Lipinski definition) is 2. The molecule has 0 amide bonds. The molecule has 0 saturated heterocycles. The van der Waals surface area contributed by atoms with E-state index in [-0.39, 0.29) is 6.42 Å². The van der Waals surface area contributed by atoms with Gasteiger partial charge in [-0.3, -0.25) is 0 Å². The van der Waals surface area contributed by atoms with Crippen molar-refractivity contribution < 1.29 is 17.6 Å². The molecule has 0 radical (unpaired) electrons. The highest BCUT2D eigenvalue weighted by atomic mass is 19.4. The van der Waals surface area contributed by atoms with Crippen LogP contribution in [0, 0.1) is 11.7 Å². The zero-order valence-electron chi connectivity index (χ0n) is 13.3. The average Bonchev–Trinajstić information content (AvgIpc) is 3.35. The van der Waals surface area contributed by atoms with Crippen LogP contribution >= 0.6 is 0 Å². The Balaban J connectivity index is 1.83. The highest BCUT2D eigenvalue weighted by Crippen LogP contribution is 2.57. The van der Waals surface area contributed by atoms with E-state index in [0.717, 1.165) is 5.01 Å². The quantitative estimate of drug-likeness (QED) is 0.700. The summed E-state index contributed by atoms with van der Waals surface area (Å²) in [5.74, 6) is -0.902. The van der Waals surface area contributed by atoms with Gasteiger partial charge in [0, 0.05) is 6.42 Å². The summed E-state index contributed by atoms with van der Waals surface area (Å²) in [6, 6.07) is 13.9. The second-order valence-corrected chi connectivity index (χ2v) is 6.57. The van der Waals surface area contributed by atoms with E-state index in [0.29, 0.717) is 29.8 Å². The molecular formula is C19H16F4N2. The third-order valence-electron chi connectivity index (χ3n) is 4.96. The number of anilines is 1. The van der Waals surface area contributed by atoms with Gasteiger partial charge in [-0.1, -0.05) is 30.3 Å². The molecule has 1 atom stereocenters. The molecule has 2 aliphatic rings. The van der Waals surface area contributed by atoms with Crippen LogP contribution in [0.3, 0.4) is 0 Å². The smallest absolute Gasteiger partial charge is 0.249 e. The minimum absolute atomic E-state index is 0.221. The third kappa shape index (κ3) is 2.60. The summed E-state index contributed by atoms with van der Waals surface area (Å²) >= 11 is 0. The van der Waals surface area contributed by atoms with Crippen LogP contribution in [0.5, 0.6) is 0 Å². The molecule has 1 heterocycles. The van der Waals surface area contributed by atoms with Crippen LogP contribution in [0.15, 0.2) is 59.7 Å². The molecule has 25 heavy (non-hydrogen) atoms. The van der Waals surface area contributed by atoms with Crippen molar-refractivity contribution in [2.45, 2.75) is 31.0 Å². The van der Waals surface area contributed by atoms with Gasteiger partial charge in [-0.2, -0.15) is 18.3 Å². The molecule has 130 valence electrons. The second-order valence-electron chi connectivity index (χ2n) is 6.57. The SMILES string of the molecule is Fc1ccc(C2=NN(c3ccccc3)C(C3CC3)(C(F)(F)F)C2)cc1. The number of benzene rings is 2. The van der Waals surface area contributed by atoms with Gasteiger partial charge in [-0.25, -0.2) is 9.40 Å². The first-order valence-corrected chi connectivity index (χ1v) is 8.17. The molecule has 1 saturated carbocycles. The number of alkyl halides is 3. The molecule has 2 aromatic rings. The number of hydrazone groups is 1. The molecule has 4 rings (SSSR count). The van der Waals surface area contributed by atoms with Gasteiger partial charge in [0.2, 0.25) is 0 Å². The monoisotopic (exact) mass is 348 g/mol. The van der Waals surface area contributed by atoms with E-state index in [1.807, 2.05) is 0 Å². The van der Waals surface area contributed by atoms with Gasteiger partial charge < -0.3 is 0 Å². The molecule has 0 spiro atoms. The van der Waals surface area contributed by atoms with Gasteiger partial charge >= 0.3 is 6.18 Å². The number of para-hydroxylation sites is 1. The Bertz CT molecular complexity index is 794. The molecule has 1 unspecified atom stereocenters. The highest BCUT2D eigenvalue weighted by molar-refractivity contribution is 6.04. The largest absolute Gasteiger partial charge is 0.414 e. The maximum Gasteiger partial charge on any atom is 0.414 e. The molecule has 1 aliphatic carbocycles. The normalized spacial score (nSPS) is 23.7. The molecule has 1 aliphatic heterocycles. The summed E-state index contributed by atoms with van der Waals surface area (Å²) in [6.45, 7) is 0. The Morgan fingerprint density at radius 3 is 2.16 bits per heavy atom. The Morgan fingerprint density at radius 2 is 1.60 bits per heavy atom. The van der Waals surface area contributed by atoms with E-state index in [2.05, 4.69) is 5.10 Å². The summed E-state index contributed by atoms with van der Waals surface area (Å²) < 4.78 is 55.8.